The molecular weight excluding hydrogens is 290 g/mol. The van der Waals surface area contributed by atoms with E-state index < -0.39 is 10.0 Å². The molecule has 7 heteroatoms. The van der Waals surface area contributed by atoms with E-state index in [2.05, 4.69) is 9.55 Å². The van der Waals surface area contributed by atoms with Gasteiger partial charge in [0.15, 0.2) is 0 Å². The number of hydrogen-bond donors (Lipinski definition) is 1. The van der Waals surface area contributed by atoms with E-state index in [1.807, 2.05) is 6.33 Å². The summed E-state index contributed by atoms with van der Waals surface area (Å²) in [6.07, 6.45) is 5.99. The summed E-state index contributed by atoms with van der Waals surface area (Å²) in [6.45, 7) is 2.10. The van der Waals surface area contributed by atoms with Gasteiger partial charge in [-0.05, 0) is 43.5 Å². The number of primary sulfonamides is 1. The molecule has 112 valence electrons. The van der Waals surface area contributed by atoms with Gasteiger partial charge in [0.1, 0.15) is 12.4 Å². The first-order valence-corrected chi connectivity index (χ1v) is 8.27. The fourth-order valence-electron chi connectivity index (χ4n) is 2.31. The van der Waals surface area contributed by atoms with Crippen LogP contribution in [0.2, 0.25) is 0 Å². The van der Waals surface area contributed by atoms with Crippen molar-refractivity contribution >= 4 is 10.0 Å². The van der Waals surface area contributed by atoms with Gasteiger partial charge in [-0.15, -0.1) is 0 Å². The van der Waals surface area contributed by atoms with Crippen LogP contribution in [0.4, 0.5) is 0 Å². The fraction of sp³-hybridized carbons (Fsp3) is 0.357. The Kier molecular flexibility index (Phi) is 3.46. The van der Waals surface area contributed by atoms with Crippen LogP contribution in [0.25, 0.3) is 0 Å². The maximum atomic E-state index is 11.4. The zero-order valence-electron chi connectivity index (χ0n) is 11.7. The minimum absolute atomic E-state index is 0.123. The Labute approximate surface area is 123 Å². The number of ether oxygens (including phenoxy) is 1. The van der Waals surface area contributed by atoms with Crippen molar-refractivity contribution in [1.82, 2.24) is 9.55 Å². The summed E-state index contributed by atoms with van der Waals surface area (Å²) in [5.74, 6) is 0.614. The van der Waals surface area contributed by atoms with Crippen molar-refractivity contribution in [2.75, 3.05) is 0 Å². The summed E-state index contributed by atoms with van der Waals surface area (Å²) < 4.78 is 30.6. The van der Waals surface area contributed by atoms with E-state index in [-0.39, 0.29) is 4.90 Å². The number of sulfonamides is 1. The van der Waals surface area contributed by atoms with Crippen molar-refractivity contribution in [2.45, 2.75) is 37.3 Å². The molecule has 0 unspecified atom stereocenters. The van der Waals surface area contributed by atoms with Crippen molar-refractivity contribution < 1.29 is 13.2 Å². The molecule has 0 aliphatic heterocycles. The molecule has 1 aliphatic rings. The van der Waals surface area contributed by atoms with Gasteiger partial charge in [0.2, 0.25) is 10.0 Å². The summed E-state index contributed by atoms with van der Waals surface area (Å²) in [5.41, 5.74) is 1.59. The van der Waals surface area contributed by atoms with Crippen LogP contribution in [0.1, 0.15) is 30.1 Å². The molecule has 6 nitrogen and oxygen atoms in total. The Morgan fingerprint density at radius 2 is 2.19 bits per heavy atom. The smallest absolute Gasteiger partial charge is 0.238 e. The average Bonchev–Trinajstić information content (AvgIpc) is 3.14. The lowest BCUT2D eigenvalue weighted by Crippen LogP contribution is -2.13. The highest BCUT2D eigenvalue weighted by atomic mass is 32.2. The Balaban J connectivity index is 1.73. The van der Waals surface area contributed by atoms with Crippen LogP contribution < -0.4 is 9.88 Å². The molecule has 21 heavy (non-hydrogen) atoms. The monoisotopic (exact) mass is 307 g/mol. The van der Waals surface area contributed by atoms with Crippen molar-refractivity contribution in [3.05, 3.63) is 42.0 Å². The molecule has 0 saturated heterocycles. The Hall–Kier alpha value is -1.86. The normalized spacial score (nSPS) is 15.1. The van der Waals surface area contributed by atoms with Gasteiger partial charge in [-0.1, -0.05) is 0 Å². The summed E-state index contributed by atoms with van der Waals surface area (Å²) in [5, 5.41) is 5.14. The number of imidazole rings is 1. The lowest BCUT2D eigenvalue weighted by Gasteiger charge is -2.10. The third kappa shape index (κ3) is 3.08. The summed E-state index contributed by atoms with van der Waals surface area (Å²) in [4.78, 5) is 4.27. The molecule has 1 aliphatic carbocycles. The second-order valence-corrected chi connectivity index (χ2v) is 6.81. The molecular formula is C14H17N3O3S. The Morgan fingerprint density at radius 3 is 2.81 bits per heavy atom. The molecule has 1 saturated carbocycles. The first kappa shape index (κ1) is 14.1. The zero-order valence-corrected chi connectivity index (χ0v) is 12.5. The topological polar surface area (TPSA) is 87.2 Å². The summed E-state index contributed by atoms with van der Waals surface area (Å²) in [6, 6.07) is 5.32. The van der Waals surface area contributed by atoms with Gasteiger partial charge in [-0.3, -0.25) is 0 Å². The largest absolute Gasteiger partial charge is 0.487 e. The number of aryl methyl sites for hydroxylation is 1. The molecule has 3 rings (SSSR count). The third-order valence-corrected chi connectivity index (χ3v) is 4.60. The quantitative estimate of drug-likeness (QED) is 0.911. The molecule has 0 spiro atoms. The number of benzene rings is 1. The van der Waals surface area contributed by atoms with Crippen molar-refractivity contribution in [3.63, 3.8) is 0 Å². The minimum atomic E-state index is -3.69. The van der Waals surface area contributed by atoms with E-state index in [9.17, 15) is 8.42 Å². The van der Waals surface area contributed by atoms with Crippen molar-refractivity contribution in [2.24, 2.45) is 5.14 Å². The van der Waals surface area contributed by atoms with Gasteiger partial charge < -0.3 is 9.30 Å². The number of rotatable bonds is 5. The van der Waals surface area contributed by atoms with Crippen LogP contribution in [0.3, 0.4) is 0 Å². The van der Waals surface area contributed by atoms with Crippen molar-refractivity contribution in [1.29, 1.82) is 0 Å². The second-order valence-electron chi connectivity index (χ2n) is 5.28. The average molecular weight is 307 g/mol. The predicted octanol–water partition coefficient (Wildman–Crippen LogP) is 1.75. The van der Waals surface area contributed by atoms with Crippen LogP contribution >= 0.6 is 0 Å². The highest BCUT2D eigenvalue weighted by Gasteiger charge is 2.25. The maximum Gasteiger partial charge on any atom is 0.238 e. The Morgan fingerprint density at radius 1 is 1.43 bits per heavy atom. The Bertz CT molecular complexity index is 764. The molecule has 1 aromatic heterocycles. The van der Waals surface area contributed by atoms with Crippen LogP contribution in [0.5, 0.6) is 5.75 Å². The first-order valence-electron chi connectivity index (χ1n) is 6.72. The van der Waals surface area contributed by atoms with E-state index in [1.54, 1.807) is 25.3 Å². The van der Waals surface area contributed by atoms with Gasteiger partial charge in [0, 0.05) is 6.04 Å². The van der Waals surface area contributed by atoms with Crippen LogP contribution in [-0.4, -0.2) is 18.0 Å². The highest BCUT2D eigenvalue weighted by molar-refractivity contribution is 7.89. The molecule has 2 aromatic rings. The SMILES string of the molecule is Cc1cc(OCc2cncn2C2CC2)ccc1S(N)(=O)=O. The lowest BCUT2D eigenvalue weighted by atomic mass is 10.2. The van der Waals surface area contributed by atoms with Gasteiger partial charge >= 0.3 is 0 Å². The maximum absolute atomic E-state index is 11.4. The molecule has 0 bridgehead atoms. The van der Waals surface area contributed by atoms with E-state index >= 15 is 0 Å². The molecule has 2 N–H and O–H groups in total. The van der Waals surface area contributed by atoms with Gasteiger partial charge in [-0.2, -0.15) is 0 Å². The minimum Gasteiger partial charge on any atom is -0.487 e. The van der Waals surface area contributed by atoms with E-state index in [0.717, 1.165) is 5.69 Å². The van der Waals surface area contributed by atoms with Gasteiger partial charge in [0.25, 0.3) is 0 Å². The molecule has 1 fully saturated rings. The van der Waals surface area contributed by atoms with Crippen LogP contribution in [0, 0.1) is 6.92 Å². The third-order valence-electron chi connectivity index (χ3n) is 3.53. The fourth-order valence-corrected chi connectivity index (χ4v) is 3.08. The summed E-state index contributed by atoms with van der Waals surface area (Å²) >= 11 is 0. The molecule has 0 radical (unpaired) electrons. The standard InChI is InChI=1S/C14H17N3O3S/c1-10-6-13(4-5-14(10)21(15,18)19)20-8-12-7-16-9-17(12)11-2-3-11/h4-7,9,11H,2-3,8H2,1H3,(H2,15,18,19). The molecule has 1 aromatic carbocycles. The van der Waals surface area contributed by atoms with E-state index in [1.165, 1.54) is 18.9 Å². The first-order chi connectivity index (χ1) is 9.95. The highest BCUT2D eigenvalue weighted by Crippen LogP contribution is 2.35. The van der Waals surface area contributed by atoms with E-state index in [4.69, 9.17) is 9.88 Å². The van der Waals surface area contributed by atoms with Gasteiger partial charge in [0.05, 0.1) is 23.1 Å². The van der Waals surface area contributed by atoms with Gasteiger partial charge in [-0.25, -0.2) is 18.5 Å². The zero-order chi connectivity index (χ0) is 15.0. The molecule has 0 amide bonds. The van der Waals surface area contributed by atoms with Crippen LogP contribution in [0.15, 0.2) is 35.6 Å². The predicted molar refractivity (Wildman–Crippen MR) is 77.4 cm³/mol. The van der Waals surface area contributed by atoms with Crippen molar-refractivity contribution in [3.8, 4) is 5.75 Å². The molecule has 1 heterocycles. The number of nitrogens with zero attached hydrogens (tertiary/aromatic N) is 2. The van der Waals surface area contributed by atoms with E-state index in [0.29, 0.717) is 24.0 Å². The second kappa shape index (κ2) is 5.16. The number of nitrogens with two attached hydrogens (primary N) is 1. The van der Waals surface area contributed by atoms with Crippen LogP contribution in [-0.2, 0) is 16.6 Å². The lowest BCUT2D eigenvalue weighted by molar-refractivity contribution is 0.294. The summed E-state index contributed by atoms with van der Waals surface area (Å²) in [7, 11) is -3.69. The number of hydrogen-bond acceptors (Lipinski definition) is 4. The number of aromatic nitrogens is 2. The molecule has 0 atom stereocenters.